The van der Waals surface area contributed by atoms with Gasteiger partial charge in [-0.05, 0) is 30.4 Å². The molecule has 4 nitrogen and oxygen atoms in total. The van der Waals surface area contributed by atoms with Gasteiger partial charge in [0.2, 0.25) is 0 Å². The topological polar surface area (TPSA) is 41.6 Å². The van der Waals surface area contributed by atoms with Crippen LogP contribution in [0.1, 0.15) is 6.42 Å². The molecule has 1 aromatic rings. The normalized spacial score (nSPS) is 15.6. The van der Waals surface area contributed by atoms with Crippen LogP contribution in [0.15, 0.2) is 24.3 Å². The van der Waals surface area contributed by atoms with Gasteiger partial charge in [-0.2, -0.15) is 11.8 Å². The van der Waals surface area contributed by atoms with E-state index >= 15 is 0 Å². The second kappa shape index (κ2) is 8.27. The highest BCUT2D eigenvalue weighted by atomic mass is 35.5. The summed E-state index contributed by atoms with van der Waals surface area (Å²) in [5, 5.41) is 3.53. The second-order valence-electron chi connectivity index (χ2n) is 4.49. The first-order chi connectivity index (χ1) is 9.75. The molecule has 0 spiro atoms. The first-order valence-electron chi connectivity index (χ1n) is 6.74. The van der Waals surface area contributed by atoms with Crippen molar-refractivity contribution >= 4 is 29.4 Å². The molecule has 1 aliphatic heterocycles. The van der Waals surface area contributed by atoms with Crippen molar-refractivity contribution in [1.29, 1.82) is 0 Å². The molecule has 110 valence electrons. The van der Waals surface area contributed by atoms with Crippen molar-refractivity contribution in [3.05, 3.63) is 29.3 Å². The number of carbonyl (C=O) groups excluding carboxylic acids is 1. The number of hydrogen-bond donors (Lipinski definition) is 1. The Kier molecular flexibility index (Phi) is 6.33. The Hall–Kier alpha value is -1.07. The van der Waals surface area contributed by atoms with E-state index < -0.39 is 0 Å². The van der Waals surface area contributed by atoms with Crippen LogP contribution in [-0.2, 0) is 0 Å². The third-order valence-corrected chi connectivity index (χ3v) is 4.24. The third kappa shape index (κ3) is 5.13. The average molecular weight is 315 g/mol. The summed E-state index contributed by atoms with van der Waals surface area (Å²) in [5.41, 5.74) is 0. The van der Waals surface area contributed by atoms with Crippen LogP contribution in [0, 0.1) is 0 Å². The maximum atomic E-state index is 11.9. The van der Waals surface area contributed by atoms with Crippen LogP contribution in [0.3, 0.4) is 0 Å². The molecule has 0 saturated carbocycles. The maximum absolute atomic E-state index is 11.9. The lowest BCUT2D eigenvalue weighted by molar-refractivity contribution is 0.198. The molecule has 0 aliphatic carbocycles. The fourth-order valence-corrected chi connectivity index (χ4v) is 3.01. The molecule has 1 fully saturated rings. The number of urea groups is 1. The van der Waals surface area contributed by atoms with E-state index in [4.69, 9.17) is 16.3 Å². The number of carbonyl (C=O) groups is 1. The molecule has 0 atom stereocenters. The second-order valence-corrected chi connectivity index (χ2v) is 6.15. The minimum absolute atomic E-state index is 0.00203. The molecule has 1 aromatic carbocycles. The zero-order chi connectivity index (χ0) is 14.2. The summed E-state index contributed by atoms with van der Waals surface area (Å²) in [4.78, 5) is 13.8. The van der Waals surface area contributed by atoms with Gasteiger partial charge in [-0.25, -0.2) is 4.79 Å². The lowest BCUT2D eigenvalue weighted by Crippen LogP contribution is -2.42. The molecule has 20 heavy (non-hydrogen) atoms. The molecular formula is C14H19ClN2O2S. The van der Waals surface area contributed by atoms with E-state index in [0.717, 1.165) is 36.8 Å². The zero-order valence-electron chi connectivity index (χ0n) is 11.3. The van der Waals surface area contributed by atoms with Gasteiger partial charge in [0, 0.05) is 23.9 Å². The average Bonchev–Trinajstić information content (AvgIpc) is 2.72. The Morgan fingerprint density at radius 3 is 3.15 bits per heavy atom. The highest BCUT2D eigenvalue weighted by Gasteiger charge is 2.14. The van der Waals surface area contributed by atoms with Gasteiger partial charge >= 0.3 is 6.03 Å². The molecule has 2 rings (SSSR count). The molecular weight excluding hydrogens is 296 g/mol. The van der Waals surface area contributed by atoms with Crippen LogP contribution in [0.5, 0.6) is 5.75 Å². The Labute approximate surface area is 128 Å². The molecule has 6 heteroatoms. The van der Waals surface area contributed by atoms with Gasteiger partial charge in [0.15, 0.2) is 0 Å². The number of amides is 2. The highest BCUT2D eigenvalue weighted by Crippen LogP contribution is 2.16. The van der Waals surface area contributed by atoms with Gasteiger partial charge < -0.3 is 15.0 Å². The molecule has 1 heterocycles. The summed E-state index contributed by atoms with van der Waals surface area (Å²) < 4.78 is 5.53. The van der Waals surface area contributed by atoms with Crippen molar-refractivity contribution in [2.75, 3.05) is 37.7 Å². The smallest absolute Gasteiger partial charge is 0.317 e. The van der Waals surface area contributed by atoms with E-state index in [1.54, 1.807) is 12.1 Å². The fraction of sp³-hybridized carbons (Fsp3) is 0.500. The van der Waals surface area contributed by atoms with Crippen molar-refractivity contribution in [2.24, 2.45) is 0 Å². The van der Waals surface area contributed by atoms with Gasteiger partial charge in [-0.1, -0.05) is 17.7 Å². The van der Waals surface area contributed by atoms with Crippen LogP contribution in [-0.4, -0.2) is 48.7 Å². The zero-order valence-corrected chi connectivity index (χ0v) is 12.9. The van der Waals surface area contributed by atoms with E-state index in [2.05, 4.69) is 5.32 Å². The van der Waals surface area contributed by atoms with Crippen molar-refractivity contribution in [1.82, 2.24) is 10.2 Å². The van der Waals surface area contributed by atoms with E-state index in [0.29, 0.717) is 18.2 Å². The summed E-state index contributed by atoms with van der Waals surface area (Å²) in [5.74, 6) is 2.88. The van der Waals surface area contributed by atoms with Gasteiger partial charge in [0.25, 0.3) is 0 Å². The van der Waals surface area contributed by atoms with E-state index in [1.807, 2.05) is 28.8 Å². The van der Waals surface area contributed by atoms with Gasteiger partial charge in [-0.15, -0.1) is 0 Å². The van der Waals surface area contributed by atoms with Crippen molar-refractivity contribution in [3.8, 4) is 5.75 Å². The SMILES string of the molecule is O=C(NCCOc1cccc(Cl)c1)N1CCCSCC1. The van der Waals surface area contributed by atoms with Crippen LogP contribution < -0.4 is 10.1 Å². The Bertz CT molecular complexity index is 437. The molecule has 0 radical (unpaired) electrons. The molecule has 1 N–H and O–H groups in total. The third-order valence-electron chi connectivity index (χ3n) is 2.95. The fourth-order valence-electron chi connectivity index (χ4n) is 1.94. The molecule has 1 aliphatic rings. The highest BCUT2D eigenvalue weighted by molar-refractivity contribution is 7.99. The van der Waals surface area contributed by atoms with E-state index in [-0.39, 0.29) is 6.03 Å². The summed E-state index contributed by atoms with van der Waals surface area (Å²) >= 11 is 7.77. The Morgan fingerprint density at radius 2 is 2.30 bits per heavy atom. The number of nitrogens with zero attached hydrogens (tertiary/aromatic N) is 1. The van der Waals surface area contributed by atoms with Crippen LogP contribution in [0.25, 0.3) is 0 Å². The van der Waals surface area contributed by atoms with Crippen molar-refractivity contribution in [3.63, 3.8) is 0 Å². The van der Waals surface area contributed by atoms with E-state index in [1.165, 1.54) is 0 Å². The molecule has 2 amide bonds. The number of nitrogens with one attached hydrogen (secondary N) is 1. The quantitative estimate of drug-likeness (QED) is 0.869. The largest absolute Gasteiger partial charge is 0.492 e. The number of benzene rings is 1. The van der Waals surface area contributed by atoms with Crippen LogP contribution in [0.4, 0.5) is 4.79 Å². The lowest BCUT2D eigenvalue weighted by atomic mass is 10.3. The van der Waals surface area contributed by atoms with Crippen molar-refractivity contribution in [2.45, 2.75) is 6.42 Å². The number of hydrogen-bond acceptors (Lipinski definition) is 3. The monoisotopic (exact) mass is 314 g/mol. The first kappa shape index (κ1) is 15.3. The van der Waals surface area contributed by atoms with Crippen molar-refractivity contribution < 1.29 is 9.53 Å². The summed E-state index contributed by atoms with van der Waals surface area (Å²) in [6.07, 6.45) is 1.07. The lowest BCUT2D eigenvalue weighted by Gasteiger charge is -2.20. The van der Waals surface area contributed by atoms with Gasteiger partial charge in [0.1, 0.15) is 12.4 Å². The molecule has 1 saturated heterocycles. The number of halogens is 1. The number of thioether (sulfide) groups is 1. The summed E-state index contributed by atoms with van der Waals surface area (Å²) in [7, 11) is 0. The minimum Gasteiger partial charge on any atom is -0.492 e. The standard InChI is InChI=1S/C14H19ClN2O2S/c15-12-3-1-4-13(11-12)19-8-5-16-14(18)17-6-2-9-20-10-7-17/h1,3-4,11H,2,5-10H2,(H,16,18). The van der Waals surface area contributed by atoms with E-state index in [9.17, 15) is 4.79 Å². The predicted molar refractivity (Wildman–Crippen MR) is 83.9 cm³/mol. The molecule has 0 aromatic heterocycles. The Balaban J connectivity index is 1.66. The first-order valence-corrected chi connectivity index (χ1v) is 8.28. The van der Waals surface area contributed by atoms with Gasteiger partial charge in [-0.3, -0.25) is 0 Å². The minimum atomic E-state index is 0.00203. The number of ether oxygens (including phenoxy) is 1. The maximum Gasteiger partial charge on any atom is 0.317 e. The Morgan fingerprint density at radius 1 is 1.40 bits per heavy atom. The summed E-state index contributed by atoms with van der Waals surface area (Å²) in [6, 6.07) is 7.25. The predicted octanol–water partition coefficient (Wildman–Crippen LogP) is 2.87. The molecule has 0 unspecified atom stereocenters. The summed E-state index contributed by atoms with van der Waals surface area (Å²) in [6.45, 7) is 2.60. The van der Waals surface area contributed by atoms with Gasteiger partial charge in [0.05, 0.1) is 6.54 Å². The van der Waals surface area contributed by atoms with Crippen LogP contribution >= 0.6 is 23.4 Å². The number of rotatable bonds is 4. The van der Waals surface area contributed by atoms with Crippen LogP contribution in [0.2, 0.25) is 5.02 Å². The molecule has 0 bridgehead atoms.